The summed E-state index contributed by atoms with van der Waals surface area (Å²) in [4.78, 5) is 10.1. The first-order valence-electron chi connectivity index (χ1n) is 8.51. The Morgan fingerprint density at radius 3 is 1.47 bits per heavy atom. The second-order valence-electron chi connectivity index (χ2n) is 5.80. The van der Waals surface area contributed by atoms with Crippen LogP contribution < -0.4 is 0 Å². The van der Waals surface area contributed by atoms with Crippen molar-refractivity contribution < 1.29 is 26.6 Å². The molecule has 2 aromatic rings. The molecule has 0 aliphatic carbocycles. The molecule has 0 atom stereocenters. The topological polar surface area (TPSA) is 43.2 Å². The summed E-state index contributed by atoms with van der Waals surface area (Å²) in [6, 6.07) is 7.23. The van der Waals surface area contributed by atoms with Gasteiger partial charge in [0.25, 0.3) is 0 Å². The van der Waals surface area contributed by atoms with Crippen LogP contribution in [0.1, 0.15) is 9.75 Å². The van der Waals surface area contributed by atoms with Crippen molar-refractivity contribution in [2.24, 2.45) is 9.98 Å². The van der Waals surface area contributed by atoms with E-state index in [1.54, 1.807) is 24.3 Å². The van der Waals surface area contributed by atoms with Crippen LogP contribution >= 0.6 is 22.7 Å². The molecule has 0 aromatic carbocycles. The number of nitrogens with zero attached hydrogens (tertiary/aromatic N) is 2. The molecule has 2 aromatic heterocycles. The molecule has 0 N–H and O–H groups in total. The van der Waals surface area contributed by atoms with Gasteiger partial charge in [-0.05, 0) is 47.2 Å². The maximum Gasteiger partial charge on any atom is 0.796 e. The number of hydrogen-bond donors (Lipinski definition) is 0. The number of aliphatic imine (C=N–C) groups is 2. The lowest BCUT2D eigenvalue weighted by Gasteiger charge is -2.15. The van der Waals surface area contributed by atoms with Crippen molar-refractivity contribution in [2.45, 2.75) is 0 Å². The van der Waals surface area contributed by atoms with E-state index >= 15 is 0 Å². The lowest BCUT2D eigenvalue weighted by atomic mass is 10.2. The molecule has 0 fully saturated rings. The molecular formula is C18H10B2F4N2O2S2. The van der Waals surface area contributed by atoms with E-state index in [0.29, 0.717) is 11.4 Å². The lowest BCUT2D eigenvalue weighted by molar-refractivity contribution is 0.271. The first kappa shape index (κ1) is 20.4. The minimum atomic E-state index is -3.27. The largest absolute Gasteiger partial charge is 0.796 e. The minimum absolute atomic E-state index is 0.0602. The van der Waals surface area contributed by atoms with Gasteiger partial charge in [-0.2, -0.15) is 0 Å². The Hall–Kier alpha value is -2.85. The average Bonchev–Trinajstić information content (AvgIpc) is 3.48. The van der Waals surface area contributed by atoms with E-state index in [0.717, 1.165) is 9.75 Å². The molecule has 4 heterocycles. The summed E-state index contributed by atoms with van der Waals surface area (Å²) in [5, 5.41) is 3.67. The van der Waals surface area contributed by atoms with Crippen LogP contribution in [-0.2, 0) is 9.31 Å². The molecule has 4 nitrogen and oxygen atoms in total. The van der Waals surface area contributed by atoms with Crippen LogP contribution in [0.25, 0.3) is 0 Å². The first-order chi connectivity index (χ1) is 14.5. The third-order valence-electron chi connectivity index (χ3n) is 3.91. The molecule has 0 saturated heterocycles. The molecule has 2 aliphatic rings. The average molecular weight is 448 g/mol. The molecule has 0 radical (unpaired) electrons. The highest BCUT2D eigenvalue weighted by molar-refractivity contribution is 7.12. The molecule has 0 saturated carbocycles. The summed E-state index contributed by atoms with van der Waals surface area (Å²) in [5.41, 5.74) is 0.882. The van der Waals surface area contributed by atoms with E-state index in [1.165, 1.54) is 34.8 Å². The van der Waals surface area contributed by atoms with E-state index < -0.39 is 26.5 Å². The molecule has 0 spiro atoms. The van der Waals surface area contributed by atoms with Gasteiger partial charge in [-0.1, -0.05) is 12.1 Å². The fourth-order valence-corrected chi connectivity index (χ4v) is 4.13. The van der Waals surface area contributed by atoms with Crippen LogP contribution in [0.5, 0.6) is 0 Å². The molecule has 0 unspecified atom stereocenters. The van der Waals surface area contributed by atoms with Crippen molar-refractivity contribution in [2.75, 3.05) is 0 Å². The Labute approximate surface area is 177 Å². The zero-order valence-electron chi connectivity index (χ0n) is 15.0. The molecule has 30 heavy (non-hydrogen) atoms. The molecule has 12 heteroatoms. The van der Waals surface area contributed by atoms with E-state index in [2.05, 4.69) is 19.3 Å². The molecule has 0 bridgehead atoms. The second kappa shape index (κ2) is 8.88. The monoisotopic (exact) mass is 448 g/mol. The number of halogens is 4. The summed E-state index contributed by atoms with van der Waals surface area (Å²) < 4.78 is 61.7. The summed E-state index contributed by atoms with van der Waals surface area (Å²) in [6.45, 7) is 0. The predicted molar refractivity (Wildman–Crippen MR) is 112 cm³/mol. The van der Waals surface area contributed by atoms with Gasteiger partial charge in [0.05, 0.1) is 21.2 Å². The van der Waals surface area contributed by atoms with Crippen LogP contribution in [0, 0.1) is 0 Å². The van der Waals surface area contributed by atoms with Crippen LogP contribution in [-0.4, -0.2) is 26.4 Å². The molecule has 4 rings (SSSR count). The van der Waals surface area contributed by atoms with Gasteiger partial charge in [0.1, 0.15) is 11.4 Å². The van der Waals surface area contributed by atoms with Crippen LogP contribution in [0.4, 0.5) is 17.3 Å². The van der Waals surface area contributed by atoms with Crippen molar-refractivity contribution in [1.82, 2.24) is 0 Å². The molecule has 0 amide bonds. The van der Waals surface area contributed by atoms with E-state index in [-0.39, 0.29) is 11.4 Å². The Kier molecular flexibility index (Phi) is 6.05. The zero-order valence-corrected chi connectivity index (χ0v) is 16.6. The van der Waals surface area contributed by atoms with Crippen LogP contribution in [0.3, 0.4) is 0 Å². The number of rotatable bonds is 7. The van der Waals surface area contributed by atoms with Gasteiger partial charge in [0.15, 0.2) is 11.5 Å². The fourth-order valence-electron chi connectivity index (χ4n) is 2.74. The Balaban J connectivity index is 1.81. The molecule has 2 aliphatic heterocycles. The number of thiophene rings is 2. The second-order valence-corrected chi connectivity index (χ2v) is 7.70. The third kappa shape index (κ3) is 4.49. The van der Waals surface area contributed by atoms with Crippen molar-refractivity contribution >= 4 is 49.0 Å². The van der Waals surface area contributed by atoms with Crippen molar-refractivity contribution in [3.05, 3.63) is 92.0 Å². The van der Waals surface area contributed by atoms with Crippen molar-refractivity contribution in [3.63, 3.8) is 0 Å². The van der Waals surface area contributed by atoms with Gasteiger partial charge in [0.2, 0.25) is 0 Å². The summed E-state index contributed by atoms with van der Waals surface area (Å²) in [7, 11) is -6.55. The normalized spacial score (nSPS) is 18.3. The summed E-state index contributed by atoms with van der Waals surface area (Å²) >= 11 is 2.80. The molecular weight excluding hydrogens is 438 g/mol. The highest BCUT2D eigenvalue weighted by atomic mass is 32.1. The smallest absolute Gasteiger partial charge is 0.501 e. The van der Waals surface area contributed by atoms with Gasteiger partial charge in [-0.25, -0.2) is 27.2 Å². The summed E-state index contributed by atoms with van der Waals surface area (Å²) in [6.07, 6.45) is 5.99. The van der Waals surface area contributed by atoms with Crippen LogP contribution in [0.2, 0.25) is 0 Å². The summed E-state index contributed by atoms with van der Waals surface area (Å²) in [5.74, 6) is -1.21. The maximum atomic E-state index is 13.1. The van der Waals surface area contributed by atoms with Gasteiger partial charge in [-0.3, -0.25) is 0 Å². The highest BCUT2D eigenvalue weighted by Crippen LogP contribution is 2.32. The van der Waals surface area contributed by atoms with E-state index in [9.17, 15) is 17.3 Å². The number of allylic oxidation sites excluding steroid dienone is 4. The zero-order chi connectivity index (χ0) is 21.1. The first-order valence-corrected chi connectivity index (χ1v) is 10.3. The van der Waals surface area contributed by atoms with Crippen molar-refractivity contribution in [1.29, 1.82) is 0 Å². The van der Waals surface area contributed by atoms with Crippen LogP contribution in [0.15, 0.2) is 92.2 Å². The molecule has 150 valence electrons. The van der Waals surface area contributed by atoms with E-state index in [4.69, 9.17) is 0 Å². The Morgan fingerprint density at radius 1 is 0.700 bits per heavy atom. The highest BCUT2D eigenvalue weighted by Gasteiger charge is 2.32. The third-order valence-corrected chi connectivity index (χ3v) is 5.70. The fraction of sp³-hybridized carbons (Fsp3) is 0. The van der Waals surface area contributed by atoms with Gasteiger partial charge in [0, 0.05) is 0 Å². The van der Waals surface area contributed by atoms with Crippen molar-refractivity contribution in [3.8, 4) is 0 Å². The SMILES string of the molecule is FB(F)OC(=C1/C=CC(c2cccs2)=N1)/C(OB(F)F)=C1/C=CC(c2cccs2)=N1. The Morgan fingerprint density at radius 2 is 1.13 bits per heavy atom. The standard InChI is InChI=1S/C18H10B2F4N2O2S2/c21-19(22)27-17(13-7-5-11(25-13)15-3-1-9-29-15)18(28-20(23)24)14-8-6-12(26-14)16-4-2-10-30-16/h1-10H/b17-13-,18-14+. The van der Waals surface area contributed by atoms with Gasteiger partial charge in [-0.15, -0.1) is 22.7 Å². The quantitative estimate of drug-likeness (QED) is 0.318. The maximum absolute atomic E-state index is 13.1. The minimum Gasteiger partial charge on any atom is -0.501 e. The van der Waals surface area contributed by atoms with Gasteiger partial charge >= 0.3 is 14.9 Å². The Bertz CT molecular complexity index is 1020. The predicted octanol–water partition coefficient (Wildman–Crippen LogP) is 5.53. The van der Waals surface area contributed by atoms with Gasteiger partial charge < -0.3 is 9.31 Å². The number of hydrogen-bond acceptors (Lipinski definition) is 6. The van der Waals surface area contributed by atoms with E-state index in [1.807, 2.05) is 22.9 Å². The lowest BCUT2D eigenvalue weighted by Crippen LogP contribution is -2.15.